The Morgan fingerprint density at radius 3 is 2.39 bits per heavy atom. The van der Waals surface area contributed by atoms with Gasteiger partial charge in [-0.05, 0) is 55.4 Å². The Kier molecular flexibility index (Phi) is 6.19. The highest BCUT2D eigenvalue weighted by atomic mass is 32.1. The monoisotopic (exact) mass is 393 g/mol. The molecule has 0 spiro atoms. The van der Waals surface area contributed by atoms with Crippen LogP contribution in [-0.2, 0) is 12.8 Å². The summed E-state index contributed by atoms with van der Waals surface area (Å²) in [6.45, 7) is 17.6. The van der Waals surface area contributed by atoms with Crippen LogP contribution in [0.1, 0.15) is 66.0 Å². The summed E-state index contributed by atoms with van der Waals surface area (Å²) in [5.74, 6) is 2.57. The average Bonchev–Trinajstić information content (AvgIpc) is 3.20. The molecule has 2 aromatic heterocycles. The van der Waals surface area contributed by atoms with Crippen LogP contribution in [0.5, 0.6) is 0 Å². The Hall–Kier alpha value is -2.20. The largest absolute Gasteiger partial charge is 0.273 e. The van der Waals surface area contributed by atoms with E-state index in [1.165, 1.54) is 32.1 Å². The van der Waals surface area contributed by atoms with Crippen molar-refractivity contribution in [3.05, 3.63) is 69.6 Å². The molecule has 28 heavy (non-hydrogen) atoms. The molecular weight excluding hydrogens is 362 g/mol. The number of nitrogens with zero attached hydrogens (tertiary/aromatic N) is 3. The Morgan fingerprint density at radius 2 is 1.79 bits per heavy atom. The molecule has 0 amide bonds. The molecule has 1 aromatic carbocycles. The van der Waals surface area contributed by atoms with Crippen LogP contribution in [0.3, 0.4) is 0 Å². The second kappa shape index (κ2) is 8.44. The van der Waals surface area contributed by atoms with Gasteiger partial charge in [-0.25, -0.2) is 0 Å². The predicted octanol–water partition coefficient (Wildman–Crippen LogP) is 6.47. The van der Waals surface area contributed by atoms with Crippen LogP contribution in [-0.4, -0.2) is 14.8 Å². The van der Waals surface area contributed by atoms with E-state index in [1.807, 2.05) is 18.3 Å². The van der Waals surface area contributed by atoms with Crippen molar-refractivity contribution < 1.29 is 0 Å². The summed E-state index contributed by atoms with van der Waals surface area (Å²) in [7, 11) is 0. The molecular formula is C24H31N3S. The lowest BCUT2D eigenvalue weighted by molar-refractivity contribution is 0.538. The van der Waals surface area contributed by atoms with E-state index in [1.54, 1.807) is 0 Å². The predicted molar refractivity (Wildman–Crippen MR) is 121 cm³/mol. The Labute approximate surface area is 173 Å². The van der Waals surface area contributed by atoms with Gasteiger partial charge in [0, 0.05) is 16.9 Å². The number of rotatable bonds is 7. The first-order chi connectivity index (χ1) is 13.4. The van der Waals surface area contributed by atoms with Gasteiger partial charge in [-0.2, -0.15) is 0 Å². The van der Waals surface area contributed by atoms with Crippen molar-refractivity contribution >= 4 is 16.9 Å². The minimum Gasteiger partial charge on any atom is -0.273 e. The number of benzene rings is 1. The molecule has 0 bridgehead atoms. The molecule has 2 heterocycles. The highest BCUT2D eigenvalue weighted by Gasteiger charge is 2.22. The molecule has 3 nitrogen and oxygen atoms in total. The Bertz CT molecular complexity index is 976. The smallest absolute Gasteiger partial charge is 0.138 e. The molecule has 148 valence electrons. The topological polar surface area (TPSA) is 30.7 Å². The number of thiophene rings is 1. The van der Waals surface area contributed by atoms with Gasteiger partial charge in [0.25, 0.3) is 0 Å². The van der Waals surface area contributed by atoms with Crippen LogP contribution in [0.25, 0.3) is 10.6 Å². The third kappa shape index (κ3) is 3.83. The molecule has 0 saturated heterocycles. The zero-order valence-corrected chi connectivity index (χ0v) is 18.8. The highest BCUT2D eigenvalue weighted by Crippen LogP contribution is 2.39. The lowest BCUT2D eigenvalue weighted by Gasteiger charge is -2.14. The summed E-state index contributed by atoms with van der Waals surface area (Å²) >= 11 is 1.81. The van der Waals surface area contributed by atoms with Crippen molar-refractivity contribution in [3.63, 3.8) is 0 Å². The van der Waals surface area contributed by atoms with E-state index in [2.05, 4.69) is 80.2 Å². The van der Waals surface area contributed by atoms with E-state index in [0.717, 1.165) is 36.5 Å². The van der Waals surface area contributed by atoms with Gasteiger partial charge in [-0.15, -0.1) is 21.5 Å². The highest BCUT2D eigenvalue weighted by molar-refractivity contribution is 7.15. The van der Waals surface area contributed by atoms with Crippen molar-refractivity contribution in [2.75, 3.05) is 0 Å². The maximum Gasteiger partial charge on any atom is 0.138 e. The number of aromatic nitrogens is 3. The zero-order valence-electron chi connectivity index (χ0n) is 18.0. The van der Waals surface area contributed by atoms with Gasteiger partial charge in [0.15, 0.2) is 0 Å². The van der Waals surface area contributed by atoms with Crippen LogP contribution in [0, 0.1) is 26.7 Å². The summed E-state index contributed by atoms with van der Waals surface area (Å²) in [6.07, 6.45) is 3.12. The van der Waals surface area contributed by atoms with Crippen molar-refractivity contribution in [1.82, 2.24) is 14.8 Å². The maximum absolute atomic E-state index is 4.50. The van der Waals surface area contributed by atoms with E-state index >= 15 is 0 Å². The van der Waals surface area contributed by atoms with Crippen molar-refractivity contribution in [1.29, 1.82) is 0 Å². The van der Waals surface area contributed by atoms with Gasteiger partial charge in [0.05, 0.1) is 0 Å². The van der Waals surface area contributed by atoms with Gasteiger partial charge in [0.1, 0.15) is 16.6 Å². The molecule has 0 saturated carbocycles. The first-order valence-electron chi connectivity index (χ1n) is 10.2. The Balaban J connectivity index is 2.11. The molecule has 0 aliphatic rings. The molecule has 0 aliphatic carbocycles. The molecule has 0 aliphatic heterocycles. The molecule has 0 fully saturated rings. The zero-order chi connectivity index (χ0) is 20.4. The van der Waals surface area contributed by atoms with Crippen molar-refractivity contribution in [3.8, 4) is 5.00 Å². The normalized spacial score (nSPS) is 12.4. The lowest BCUT2D eigenvalue weighted by Crippen LogP contribution is -2.08. The van der Waals surface area contributed by atoms with E-state index < -0.39 is 0 Å². The van der Waals surface area contributed by atoms with Crippen LogP contribution < -0.4 is 0 Å². The third-order valence-electron chi connectivity index (χ3n) is 5.70. The van der Waals surface area contributed by atoms with Gasteiger partial charge in [-0.3, -0.25) is 4.57 Å². The fourth-order valence-electron chi connectivity index (χ4n) is 3.47. The van der Waals surface area contributed by atoms with Crippen LogP contribution in [0.15, 0.2) is 30.8 Å². The maximum atomic E-state index is 4.50. The average molecular weight is 394 g/mol. The van der Waals surface area contributed by atoms with Gasteiger partial charge >= 0.3 is 0 Å². The SMILES string of the molecule is C=C(c1ccc(CC)cc1)c1c(-n2c(C)nnc2CC(C)CC)sc(C)c1C. The fourth-order valence-corrected chi connectivity index (χ4v) is 4.72. The first-order valence-corrected chi connectivity index (χ1v) is 11.0. The van der Waals surface area contributed by atoms with Crippen molar-refractivity contribution in [2.45, 2.75) is 60.8 Å². The summed E-state index contributed by atoms with van der Waals surface area (Å²) in [5, 5.41) is 10.1. The summed E-state index contributed by atoms with van der Waals surface area (Å²) in [6, 6.07) is 8.78. The van der Waals surface area contributed by atoms with Crippen LogP contribution in [0.4, 0.5) is 0 Å². The second-order valence-corrected chi connectivity index (χ2v) is 8.91. The minimum absolute atomic E-state index is 0.581. The molecule has 0 N–H and O–H groups in total. The van der Waals surface area contributed by atoms with E-state index in [9.17, 15) is 0 Å². The van der Waals surface area contributed by atoms with Crippen LogP contribution >= 0.6 is 11.3 Å². The van der Waals surface area contributed by atoms with Gasteiger partial charge in [-0.1, -0.05) is 58.0 Å². The molecule has 3 rings (SSSR count). The van der Waals surface area contributed by atoms with E-state index in [0.29, 0.717) is 5.92 Å². The van der Waals surface area contributed by atoms with Gasteiger partial charge < -0.3 is 0 Å². The summed E-state index contributed by atoms with van der Waals surface area (Å²) in [4.78, 5) is 1.32. The first kappa shape index (κ1) is 20.5. The lowest BCUT2D eigenvalue weighted by atomic mass is 9.96. The quantitative estimate of drug-likeness (QED) is 0.461. The fraction of sp³-hybridized carbons (Fsp3) is 0.417. The summed E-state index contributed by atoms with van der Waals surface area (Å²) in [5.41, 5.74) is 6.11. The standard InChI is InChI=1S/C24H31N3S/c1-8-15(3)14-22-26-25-19(7)27(22)24-23(16(4)18(6)28-24)17(5)21-12-10-20(9-2)11-13-21/h10-13,15H,5,8-9,14H2,1-4,6-7H3. The minimum atomic E-state index is 0.581. The molecule has 0 radical (unpaired) electrons. The van der Waals surface area contributed by atoms with Crippen LogP contribution in [0.2, 0.25) is 0 Å². The third-order valence-corrected chi connectivity index (χ3v) is 6.89. The number of aryl methyl sites for hydroxylation is 3. The van der Waals surface area contributed by atoms with Gasteiger partial charge in [0.2, 0.25) is 0 Å². The van der Waals surface area contributed by atoms with E-state index in [-0.39, 0.29) is 0 Å². The number of hydrogen-bond acceptors (Lipinski definition) is 3. The van der Waals surface area contributed by atoms with E-state index in [4.69, 9.17) is 0 Å². The molecule has 1 atom stereocenters. The summed E-state index contributed by atoms with van der Waals surface area (Å²) < 4.78 is 2.25. The molecule has 4 heteroatoms. The van der Waals surface area contributed by atoms with Crippen molar-refractivity contribution in [2.24, 2.45) is 5.92 Å². The molecule has 3 aromatic rings. The second-order valence-electron chi connectivity index (χ2n) is 7.71. The molecule has 1 unspecified atom stereocenters. The number of hydrogen-bond donors (Lipinski definition) is 0. The Morgan fingerprint density at radius 1 is 1.11 bits per heavy atom.